The van der Waals surface area contributed by atoms with Crippen molar-refractivity contribution in [3.05, 3.63) is 106 Å². The third-order valence-electron chi connectivity index (χ3n) is 5.30. The van der Waals surface area contributed by atoms with Gasteiger partial charge in [-0.25, -0.2) is 14.3 Å². The first-order valence-corrected chi connectivity index (χ1v) is 11.8. The molecule has 0 aliphatic rings. The fourth-order valence-corrected chi connectivity index (χ4v) is 4.00. The third-order valence-corrected chi connectivity index (χ3v) is 5.79. The molecule has 1 heterocycles. The van der Waals surface area contributed by atoms with Crippen molar-refractivity contribution < 1.29 is 23.8 Å². The number of esters is 2. The Morgan fingerprint density at radius 2 is 1.58 bits per heavy atom. The van der Waals surface area contributed by atoms with Gasteiger partial charge in [0, 0.05) is 10.0 Å². The van der Waals surface area contributed by atoms with Crippen molar-refractivity contribution in [2.75, 3.05) is 20.8 Å². The molecule has 4 aromatic rings. The van der Waals surface area contributed by atoms with Gasteiger partial charge in [-0.05, 0) is 42.0 Å². The summed E-state index contributed by atoms with van der Waals surface area (Å²) in [7, 11) is 2.50. The second kappa shape index (κ2) is 11.5. The van der Waals surface area contributed by atoms with E-state index in [4.69, 9.17) is 14.2 Å². The summed E-state index contributed by atoms with van der Waals surface area (Å²) in [6.07, 6.45) is 3.85. The zero-order chi connectivity index (χ0) is 25.5. The molecule has 0 bridgehead atoms. The zero-order valence-corrected chi connectivity index (χ0v) is 21.3. The topological polar surface area (TPSA) is 79.7 Å². The normalized spacial score (nSPS) is 10.9. The van der Waals surface area contributed by atoms with E-state index in [1.54, 1.807) is 24.3 Å². The maximum Gasteiger partial charge on any atom is 0.357 e. The van der Waals surface area contributed by atoms with E-state index in [9.17, 15) is 9.59 Å². The molecule has 0 spiro atoms. The summed E-state index contributed by atoms with van der Waals surface area (Å²) >= 11 is 3.49. The van der Waals surface area contributed by atoms with Gasteiger partial charge < -0.3 is 14.2 Å². The minimum atomic E-state index is -0.721. The molecular weight excluding hydrogens is 524 g/mol. The number of benzene rings is 3. The minimum Gasteiger partial charge on any atom is -0.489 e. The molecular formula is C28H23BrN2O5. The molecule has 36 heavy (non-hydrogen) atoms. The molecule has 4 rings (SSSR count). The average Bonchev–Trinajstić information content (AvgIpc) is 3.32. The standard InChI is InChI=1S/C28H23BrN2O5/c1-34-27(32)24-25(30-31(26(24)28(33)35-2)21-13-7-4-8-14-21)22-18-20(29)15-16-23(22)36-17-9-12-19-10-5-3-6-11-19/h3-16,18H,17H2,1-2H3. The van der Waals surface area contributed by atoms with Crippen LogP contribution in [0, 0.1) is 0 Å². The highest BCUT2D eigenvalue weighted by Gasteiger charge is 2.32. The first-order valence-electron chi connectivity index (χ1n) is 11.0. The van der Waals surface area contributed by atoms with Crippen LogP contribution in [0.15, 0.2) is 89.4 Å². The molecule has 0 unspecified atom stereocenters. The van der Waals surface area contributed by atoms with Crippen LogP contribution in [-0.4, -0.2) is 42.5 Å². The number of nitrogens with zero attached hydrogens (tertiary/aromatic N) is 2. The van der Waals surface area contributed by atoms with Gasteiger partial charge in [-0.15, -0.1) is 0 Å². The summed E-state index contributed by atoms with van der Waals surface area (Å²) in [4.78, 5) is 25.8. The van der Waals surface area contributed by atoms with Gasteiger partial charge in [0.2, 0.25) is 0 Å². The zero-order valence-electron chi connectivity index (χ0n) is 19.7. The van der Waals surface area contributed by atoms with Crippen LogP contribution in [0.2, 0.25) is 0 Å². The first-order chi connectivity index (χ1) is 17.5. The van der Waals surface area contributed by atoms with E-state index < -0.39 is 11.9 Å². The minimum absolute atomic E-state index is 0.0176. The summed E-state index contributed by atoms with van der Waals surface area (Å²) < 4.78 is 18.2. The summed E-state index contributed by atoms with van der Waals surface area (Å²) in [5.74, 6) is -0.959. The number of methoxy groups -OCH3 is 2. The molecule has 0 radical (unpaired) electrons. The number of aromatic nitrogens is 2. The van der Waals surface area contributed by atoms with Gasteiger partial charge in [0.05, 0.1) is 19.9 Å². The molecule has 0 aliphatic heterocycles. The number of carbonyl (C=O) groups excluding carboxylic acids is 2. The van der Waals surface area contributed by atoms with Crippen molar-refractivity contribution in [1.82, 2.24) is 9.78 Å². The smallest absolute Gasteiger partial charge is 0.357 e. The Labute approximate surface area is 217 Å². The van der Waals surface area contributed by atoms with E-state index in [-0.39, 0.29) is 23.6 Å². The monoisotopic (exact) mass is 546 g/mol. The molecule has 0 N–H and O–H groups in total. The fourth-order valence-electron chi connectivity index (χ4n) is 3.64. The van der Waals surface area contributed by atoms with Crippen LogP contribution in [0.3, 0.4) is 0 Å². The van der Waals surface area contributed by atoms with Gasteiger partial charge >= 0.3 is 11.9 Å². The van der Waals surface area contributed by atoms with Gasteiger partial charge in [0.25, 0.3) is 0 Å². The Balaban J connectivity index is 1.82. The number of hydrogen-bond acceptors (Lipinski definition) is 6. The van der Waals surface area contributed by atoms with Crippen LogP contribution >= 0.6 is 15.9 Å². The molecule has 0 amide bonds. The van der Waals surface area contributed by atoms with Crippen LogP contribution in [0.1, 0.15) is 26.4 Å². The quantitative estimate of drug-likeness (QED) is 0.253. The highest BCUT2D eigenvalue weighted by atomic mass is 79.9. The maximum atomic E-state index is 13.0. The van der Waals surface area contributed by atoms with E-state index in [1.165, 1.54) is 18.9 Å². The van der Waals surface area contributed by atoms with Gasteiger partial charge in [0.1, 0.15) is 23.6 Å². The fraction of sp³-hybridized carbons (Fsp3) is 0.107. The van der Waals surface area contributed by atoms with E-state index >= 15 is 0 Å². The molecule has 0 atom stereocenters. The summed E-state index contributed by atoms with van der Waals surface area (Å²) in [6.45, 7) is 0.278. The lowest BCUT2D eigenvalue weighted by atomic mass is 10.0. The predicted octanol–water partition coefficient (Wildman–Crippen LogP) is 5.97. The van der Waals surface area contributed by atoms with Crippen molar-refractivity contribution in [1.29, 1.82) is 0 Å². The highest BCUT2D eigenvalue weighted by molar-refractivity contribution is 9.10. The van der Waals surface area contributed by atoms with Gasteiger partial charge in [-0.1, -0.05) is 70.5 Å². The maximum absolute atomic E-state index is 13.0. The molecule has 0 fully saturated rings. The first kappa shape index (κ1) is 24.9. The van der Waals surface area contributed by atoms with Crippen molar-refractivity contribution >= 4 is 33.9 Å². The van der Waals surface area contributed by atoms with E-state index in [2.05, 4.69) is 21.0 Å². The van der Waals surface area contributed by atoms with E-state index in [0.29, 0.717) is 17.0 Å². The SMILES string of the molecule is COC(=O)c1c(-c2cc(Br)ccc2OCC=Cc2ccccc2)nn(-c2ccccc2)c1C(=O)OC. The van der Waals surface area contributed by atoms with Gasteiger partial charge in [-0.2, -0.15) is 5.10 Å². The number of ether oxygens (including phenoxy) is 3. The molecule has 182 valence electrons. The predicted molar refractivity (Wildman–Crippen MR) is 140 cm³/mol. The molecule has 3 aromatic carbocycles. The van der Waals surface area contributed by atoms with Crippen molar-refractivity contribution in [2.45, 2.75) is 0 Å². The highest BCUT2D eigenvalue weighted by Crippen LogP contribution is 2.37. The van der Waals surface area contributed by atoms with Crippen LogP contribution in [-0.2, 0) is 9.47 Å². The lowest BCUT2D eigenvalue weighted by Gasteiger charge is -2.10. The molecule has 8 heteroatoms. The molecule has 1 aromatic heterocycles. The van der Waals surface area contributed by atoms with Crippen LogP contribution < -0.4 is 4.74 Å². The lowest BCUT2D eigenvalue weighted by Crippen LogP contribution is -2.15. The summed E-state index contributed by atoms with van der Waals surface area (Å²) in [5.41, 5.74) is 2.32. The summed E-state index contributed by atoms with van der Waals surface area (Å²) in [5, 5.41) is 4.66. The molecule has 0 saturated heterocycles. The third kappa shape index (κ3) is 5.39. The number of halogens is 1. The van der Waals surface area contributed by atoms with Crippen molar-refractivity contribution in [3.63, 3.8) is 0 Å². The largest absolute Gasteiger partial charge is 0.489 e. The second-order valence-electron chi connectivity index (χ2n) is 7.57. The van der Waals surface area contributed by atoms with Crippen molar-refractivity contribution in [3.8, 4) is 22.7 Å². The Morgan fingerprint density at radius 1 is 0.917 bits per heavy atom. The Kier molecular flexibility index (Phi) is 7.97. The average molecular weight is 547 g/mol. The number of para-hydroxylation sites is 1. The molecule has 7 nitrogen and oxygen atoms in total. The Morgan fingerprint density at radius 3 is 2.25 bits per heavy atom. The number of hydrogen-bond donors (Lipinski definition) is 0. The van der Waals surface area contributed by atoms with Crippen LogP contribution in [0.25, 0.3) is 23.0 Å². The van der Waals surface area contributed by atoms with Gasteiger partial charge in [0.15, 0.2) is 5.69 Å². The summed E-state index contributed by atoms with van der Waals surface area (Å²) in [6, 6.07) is 24.3. The number of rotatable bonds is 8. The Bertz CT molecular complexity index is 1400. The second-order valence-corrected chi connectivity index (χ2v) is 8.48. The lowest BCUT2D eigenvalue weighted by molar-refractivity contribution is 0.0549. The van der Waals surface area contributed by atoms with Crippen LogP contribution in [0.4, 0.5) is 0 Å². The van der Waals surface area contributed by atoms with E-state index in [0.717, 1.165) is 10.0 Å². The Hall–Kier alpha value is -4.17. The van der Waals surface area contributed by atoms with Gasteiger partial charge in [-0.3, -0.25) is 0 Å². The molecule has 0 saturated carbocycles. The van der Waals surface area contributed by atoms with E-state index in [1.807, 2.05) is 66.7 Å². The number of carbonyl (C=O) groups is 2. The van der Waals surface area contributed by atoms with Crippen LogP contribution in [0.5, 0.6) is 5.75 Å². The van der Waals surface area contributed by atoms with Crippen molar-refractivity contribution in [2.24, 2.45) is 0 Å². The molecule has 0 aliphatic carbocycles.